The number of benzene rings is 1. The van der Waals surface area contributed by atoms with Crippen LogP contribution in [0.25, 0.3) is 10.2 Å². The van der Waals surface area contributed by atoms with Gasteiger partial charge in [-0.3, -0.25) is 9.59 Å². The number of para-hydroxylation sites is 1. The van der Waals surface area contributed by atoms with Crippen LogP contribution in [0.2, 0.25) is 0 Å². The zero-order chi connectivity index (χ0) is 18.1. The second kappa shape index (κ2) is 7.25. The molecule has 5 nitrogen and oxygen atoms in total. The van der Waals surface area contributed by atoms with Crippen LogP contribution >= 0.6 is 23.1 Å². The van der Waals surface area contributed by atoms with Crippen LogP contribution in [0.15, 0.2) is 40.3 Å². The Morgan fingerprint density at radius 1 is 1.27 bits per heavy atom. The van der Waals surface area contributed by atoms with Gasteiger partial charge in [0.1, 0.15) is 4.83 Å². The summed E-state index contributed by atoms with van der Waals surface area (Å²) >= 11 is 2.90. The Labute approximate surface area is 159 Å². The number of amides is 1. The van der Waals surface area contributed by atoms with Crippen LogP contribution in [0.1, 0.15) is 23.3 Å². The van der Waals surface area contributed by atoms with E-state index in [0.717, 1.165) is 35.2 Å². The number of nitrogens with one attached hydrogen (secondary N) is 1. The predicted molar refractivity (Wildman–Crippen MR) is 107 cm³/mol. The minimum atomic E-state index is -0.0826. The average molecular weight is 386 g/mol. The fourth-order valence-electron chi connectivity index (χ4n) is 3.24. The third-order valence-electron chi connectivity index (χ3n) is 4.65. The molecule has 134 valence electrons. The van der Waals surface area contributed by atoms with E-state index in [1.807, 2.05) is 30.3 Å². The number of thiophene rings is 1. The monoisotopic (exact) mass is 385 g/mol. The molecule has 4 rings (SSSR count). The number of rotatable bonds is 4. The van der Waals surface area contributed by atoms with Crippen LogP contribution in [0.3, 0.4) is 0 Å². The Bertz CT molecular complexity index is 1010. The molecule has 0 bridgehead atoms. The van der Waals surface area contributed by atoms with Gasteiger partial charge in [0, 0.05) is 17.6 Å². The van der Waals surface area contributed by atoms with E-state index in [0.29, 0.717) is 5.16 Å². The molecule has 1 aliphatic carbocycles. The summed E-state index contributed by atoms with van der Waals surface area (Å²) in [5.74, 6) is 0.194. The van der Waals surface area contributed by atoms with Gasteiger partial charge in [-0.2, -0.15) is 0 Å². The van der Waals surface area contributed by atoms with Gasteiger partial charge >= 0.3 is 0 Å². The third-order valence-corrected chi connectivity index (χ3v) is 6.70. The number of H-pyrrole nitrogens is 1. The summed E-state index contributed by atoms with van der Waals surface area (Å²) in [4.78, 5) is 36.1. The van der Waals surface area contributed by atoms with E-state index in [4.69, 9.17) is 0 Å². The number of hydrogen-bond donors (Lipinski definition) is 1. The number of carbonyl (C=O) groups is 1. The normalized spacial score (nSPS) is 13.6. The maximum absolute atomic E-state index is 12.5. The van der Waals surface area contributed by atoms with Crippen molar-refractivity contribution < 1.29 is 4.79 Å². The van der Waals surface area contributed by atoms with Crippen molar-refractivity contribution in [2.24, 2.45) is 0 Å². The molecule has 0 fully saturated rings. The van der Waals surface area contributed by atoms with Crippen LogP contribution in [-0.4, -0.2) is 28.7 Å². The Morgan fingerprint density at radius 2 is 2.04 bits per heavy atom. The molecule has 2 aromatic heterocycles. The molecule has 0 radical (unpaired) electrons. The smallest absolute Gasteiger partial charge is 0.260 e. The van der Waals surface area contributed by atoms with Crippen LogP contribution in [-0.2, 0) is 17.6 Å². The second-order valence-corrected chi connectivity index (χ2v) is 8.39. The molecular formula is C19H19N3O2S2. The van der Waals surface area contributed by atoms with Crippen molar-refractivity contribution in [3.05, 3.63) is 51.1 Å². The van der Waals surface area contributed by atoms with Crippen LogP contribution < -0.4 is 10.5 Å². The van der Waals surface area contributed by atoms with Crippen molar-refractivity contribution >= 4 is 44.9 Å². The third kappa shape index (κ3) is 3.29. The van der Waals surface area contributed by atoms with Crippen LogP contribution in [0, 0.1) is 0 Å². The highest BCUT2D eigenvalue weighted by Gasteiger charge is 2.20. The van der Waals surface area contributed by atoms with Gasteiger partial charge in [0.25, 0.3) is 5.56 Å². The number of aromatic nitrogens is 2. The van der Waals surface area contributed by atoms with E-state index in [-0.39, 0.29) is 17.2 Å². The minimum Gasteiger partial charge on any atom is -0.315 e. The average Bonchev–Trinajstić information content (AvgIpc) is 3.05. The fourth-order valence-corrected chi connectivity index (χ4v) is 5.33. The minimum absolute atomic E-state index is 0.0329. The lowest BCUT2D eigenvalue weighted by Gasteiger charge is -2.16. The molecule has 1 amide bonds. The highest BCUT2D eigenvalue weighted by molar-refractivity contribution is 7.99. The molecule has 0 saturated heterocycles. The van der Waals surface area contributed by atoms with Gasteiger partial charge in [-0.05, 0) is 43.4 Å². The molecule has 0 spiro atoms. The Hall–Kier alpha value is -2.12. The van der Waals surface area contributed by atoms with E-state index in [1.54, 1.807) is 23.3 Å². The Kier molecular flexibility index (Phi) is 4.82. The molecular weight excluding hydrogens is 366 g/mol. The van der Waals surface area contributed by atoms with Crippen molar-refractivity contribution in [2.45, 2.75) is 30.8 Å². The number of hydrogen-bond acceptors (Lipinski definition) is 5. The number of aryl methyl sites for hydroxylation is 2. The lowest BCUT2D eigenvalue weighted by Crippen LogP contribution is -2.28. The summed E-state index contributed by atoms with van der Waals surface area (Å²) in [6.07, 6.45) is 4.32. The van der Waals surface area contributed by atoms with Gasteiger partial charge in [-0.15, -0.1) is 11.3 Å². The molecule has 0 aliphatic heterocycles. The summed E-state index contributed by atoms with van der Waals surface area (Å²) in [6, 6.07) is 9.51. The lowest BCUT2D eigenvalue weighted by atomic mass is 9.97. The first-order valence-corrected chi connectivity index (χ1v) is 10.4. The first kappa shape index (κ1) is 17.3. The number of thioether (sulfide) groups is 1. The van der Waals surface area contributed by atoms with Gasteiger partial charge in [-0.25, -0.2) is 4.98 Å². The summed E-state index contributed by atoms with van der Waals surface area (Å²) in [6.45, 7) is 0. The molecule has 0 unspecified atom stereocenters. The first-order valence-electron chi connectivity index (χ1n) is 8.62. The Balaban J connectivity index is 1.53. The number of fused-ring (bicyclic) bond motifs is 3. The summed E-state index contributed by atoms with van der Waals surface area (Å²) in [5.41, 5.74) is 1.95. The molecule has 3 aromatic rings. The van der Waals surface area contributed by atoms with Crippen molar-refractivity contribution in [3.8, 4) is 0 Å². The molecule has 26 heavy (non-hydrogen) atoms. The molecule has 7 heteroatoms. The van der Waals surface area contributed by atoms with Gasteiger partial charge in [0.15, 0.2) is 5.16 Å². The molecule has 1 aromatic carbocycles. The molecule has 0 atom stereocenters. The number of aromatic amines is 1. The van der Waals surface area contributed by atoms with E-state index in [9.17, 15) is 9.59 Å². The van der Waals surface area contributed by atoms with Gasteiger partial charge in [0.05, 0.1) is 11.1 Å². The summed E-state index contributed by atoms with van der Waals surface area (Å²) in [7, 11) is 1.75. The van der Waals surface area contributed by atoms with Gasteiger partial charge in [-0.1, -0.05) is 30.0 Å². The molecule has 0 saturated carbocycles. The van der Waals surface area contributed by atoms with E-state index >= 15 is 0 Å². The molecule has 1 N–H and O–H groups in total. The lowest BCUT2D eigenvalue weighted by molar-refractivity contribution is -0.115. The highest BCUT2D eigenvalue weighted by Crippen LogP contribution is 2.34. The number of anilines is 1. The van der Waals surface area contributed by atoms with E-state index < -0.39 is 0 Å². The standard InChI is InChI=1S/C19H19N3O2S2/c1-22(12-7-3-2-4-8-12)15(23)11-25-19-20-17(24)16-13-9-5-6-10-14(13)26-18(16)21-19/h2-4,7-8H,5-6,9-11H2,1H3,(H,20,21,24). The largest absolute Gasteiger partial charge is 0.315 e. The van der Waals surface area contributed by atoms with Gasteiger partial charge in [0.2, 0.25) is 5.91 Å². The van der Waals surface area contributed by atoms with Crippen molar-refractivity contribution in [3.63, 3.8) is 0 Å². The Morgan fingerprint density at radius 3 is 2.85 bits per heavy atom. The second-order valence-electron chi connectivity index (χ2n) is 6.34. The summed E-state index contributed by atoms with van der Waals surface area (Å²) in [5, 5.41) is 1.26. The van der Waals surface area contributed by atoms with Crippen molar-refractivity contribution in [2.75, 3.05) is 17.7 Å². The predicted octanol–water partition coefficient (Wildman–Crippen LogP) is 3.62. The summed E-state index contributed by atoms with van der Waals surface area (Å²) < 4.78 is 0. The maximum Gasteiger partial charge on any atom is 0.260 e. The zero-order valence-electron chi connectivity index (χ0n) is 14.4. The SMILES string of the molecule is CN(C(=O)CSc1nc2sc3c(c2c(=O)[nH]1)CCCC3)c1ccccc1. The van der Waals surface area contributed by atoms with E-state index in [1.165, 1.54) is 28.6 Å². The quantitative estimate of drug-likeness (QED) is 0.550. The van der Waals surface area contributed by atoms with Crippen LogP contribution in [0.4, 0.5) is 5.69 Å². The first-order chi connectivity index (χ1) is 12.6. The topological polar surface area (TPSA) is 66.1 Å². The highest BCUT2D eigenvalue weighted by atomic mass is 32.2. The van der Waals surface area contributed by atoms with Crippen molar-refractivity contribution in [1.82, 2.24) is 9.97 Å². The zero-order valence-corrected chi connectivity index (χ0v) is 16.1. The maximum atomic E-state index is 12.5. The van der Waals surface area contributed by atoms with Crippen LogP contribution in [0.5, 0.6) is 0 Å². The molecule has 1 aliphatic rings. The fraction of sp³-hybridized carbons (Fsp3) is 0.316. The molecule has 2 heterocycles. The van der Waals surface area contributed by atoms with E-state index in [2.05, 4.69) is 9.97 Å². The number of carbonyl (C=O) groups excluding carboxylic acids is 1. The number of nitrogens with zero attached hydrogens (tertiary/aromatic N) is 2. The van der Waals surface area contributed by atoms with Crippen molar-refractivity contribution in [1.29, 1.82) is 0 Å². The van der Waals surface area contributed by atoms with Gasteiger partial charge < -0.3 is 9.88 Å².